The number of nitrogens with zero attached hydrogens (tertiary/aromatic N) is 4. The van der Waals surface area contributed by atoms with Crippen LogP contribution in [0.15, 0.2) is 47.4 Å². The summed E-state index contributed by atoms with van der Waals surface area (Å²) in [6.45, 7) is 3.97. The molecule has 0 amide bonds. The van der Waals surface area contributed by atoms with Crippen LogP contribution in [0.3, 0.4) is 0 Å². The van der Waals surface area contributed by atoms with Crippen LogP contribution in [-0.4, -0.2) is 37.5 Å². The van der Waals surface area contributed by atoms with Gasteiger partial charge >= 0.3 is 0 Å². The Balaban J connectivity index is 1.28. The largest absolute Gasteiger partial charge is 0.459 e. The average molecular weight is 439 g/mol. The molecule has 4 atom stereocenters. The van der Waals surface area contributed by atoms with Crippen LogP contribution in [0, 0.1) is 5.92 Å². The van der Waals surface area contributed by atoms with Crippen molar-refractivity contribution in [3.8, 4) is 0 Å². The second-order valence-electron chi connectivity index (χ2n) is 8.89. The molecule has 8 heteroatoms. The molecule has 160 valence electrons. The summed E-state index contributed by atoms with van der Waals surface area (Å²) >= 11 is 6.28. The monoisotopic (exact) mass is 438 g/mol. The molecular weight excluding hydrogens is 416 g/mol. The summed E-state index contributed by atoms with van der Waals surface area (Å²) in [4.78, 5) is 13.0. The van der Waals surface area contributed by atoms with Gasteiger partial charge in [0.2, 0.25) is 0 Å². The van der Waals surface area contributed by atoms with Crippen LogP contribution in [0.2, 0.25) is 5.15 Å². The molecule has 0 N–H and O–H groups in total. The van der Waals surface area contributed by atoms with Crippen LogP contribution in [0.1, 0.15) is 38.5 Å². The summed E-state index contributed by atoms with van der Waals surface area (Å²) in [6, 6.07) is 7.98. The first-order valence-corrected chi connectivity index (χ1v) is 11.0. The highest BCUT2D eigenvalue weighted by atomic mass is 35.5. The third kappa shape index (κ3) is 3.23. The summed E-state index contributed by atoms with van der Waals surface area (Å²) in [7, 11) is 0. The molecule has 6 rings (SSSR count). The van der Waals surface area contributed by atoms with Gasteiger partial charge in [0.25, 0.3) is 0 Å². The standard InChI is InChI=1S/C23H23ClN4O3/c1-23(2)30-19-13(5-6-14-11-16-18(29-14)4-3-8-25-16)10-17(20(19)31-23)28-9-7-15-21(24)26-12-27-22(15)28/h3-4,7-9,11-13,17,19-20H,5-6,10H2,1-2H3/t13-,17+,19+,20-/m0/s1. The van der Waals surface area contributed by atoms with Crippen molar-refractivity contribution in [2.75, 3.05) is 0 Å². The van der Waals surface area contributed by atoms with Crippen LogP contribution in [0.25, 0.3) is 22.1 Å². The van der Waals surface area contributed by atoms with Crippen molar-refractivity contribution in [3.05, 3.63) is 53.9 Å². The van der Waals surface area contributed by atoms with Crippen LogP contribution in [0.4, 0.5) is 0 Å². The fraction of sp³-hybridized carbons (Fsp3) is 0.435. The molecule has 5 heterocycles. The highest BCUT2D eigenvalue weighted by Crippen LogP contribution is 2.49. The van der Waals surface area contributed by atoms with Crippen LogP contribution < -0.4 is 0 Å². The zero-order chi connectivity index (χ0) is 21.2. The van der Waals surface area contributed by atoms with Gasteiger partial charge in [-0.05, 0) is 50.8 Å². The Labute approximate surface area is 184 Å². The molecule has 1 aliphatic heterocycles. The predicted molar refractivity (Wildman–Crippen MR) is 116 cm³/mol. The second kappa shape index (κ2) is 7.02. The smallest absolute Gasteiger partial charge is 0.163 e. The number of aromatic nitrogens is 4. The highest BCUT2D eigenvalue weighted by molar-refractivity contribution is 6.33. The lowest BCUT2D eigenvalue weighted by Gasteiger charge is -2.24. The summed E-state index contributed by atoms with van der Waals surface area (Å²) in [5.41, 5.74) is 2.56. The third-order valence-corrected chi connectivity index (χ3v) is 6.77. The van der Waals surface area contributed by atoms with Gasteiger partial charge in [-0.15, -0.1) is 0 Å². The number of furan rings is 1. The average Bonchev–Trinajstić information content (AvgIpc) is 3.47. The van der Waals surface area contributed by atoms with Gasteiger partial charge in [0.15, 0.2) is 11.4 Å². The van der Waals surface area contributed by atoms with E-state index < -0.39 is 5.79 Å². The molecule has 0 spiro atoms. The summed E-state index contributed by atoms with van der Waals surface area (Å²) in [6.07, 6.45) is 8.05. The van der Waals surface area contributed by atoms with Gasteiger partial charge in [-0.1, -0.05) is 11.6 Å². The molecule has 2 aliphatic rings. The van der Waals surface area contributed by atoms with E-state index in [1.165, 1.54) is 6.33 Å². The molecular formula is C23H23ClN4O3. The molecule has 7 nitrogen and oxygen atoms in total. The van der Waals surface area contributed by atoms with E-state index in [-0.39, 0.29) is 18.2 Å². The van der Waals surface area contributed by atoms with Crippen molar-refractivity contribution < 1.29 is 13.9 Å². The second-order valence-corrected chi connectivity index (χ2v) is 9.25. The van der Waals surface area contributed by atoms with Crippen molar-refractivity contribution in [2.24, 2.45) is 5.92 Å². The molecule has 4 aromatic heterocycles. The first kappa shape index (κ1) is 19.2. The van der Waals surface area contributed by atoms with E-state index in [9.17, 15) is 0 Å². The molecule has 0 unspecified atom stereocenters. The summed E-state index contributed by atoms with van der Waals surface area (Å²) in [5, 5.41) is 1.33. The first-order valence-electron chi connectivity index (χ1n) is 10.6. The SMILES string of the molecule is CC1(C)O[C@@H]2[C@@H](CCc3cc4ncccc4o3)C[C@@H](n3ccc4c(Cl)ncnc43)[C@@H]2O1. The molecule has 0 radical (unpaired) electrons. The third-order valence-electron chi connectivity index (χ3n) is 6.47. The van der Waals surface area contributed by atoms with E-state index in [0.717, 1.165) is 47.2 Å². The zero-order valence-electron chi connectivity index (χ0n) is 17.4. The van der Waals surface area contributed by atoms with Crippen molar-refractivity contribution in [3.63, 3.8) is 0 Å². The van der Waals surface area contributed by atoms with E-state index in [1.807, 2.05) is 44.3 Å². The number of hydrogen-bond donors (Lipinski definition) is 0. The van der Waals surface area contributed by atoms with Gasteiger partial charge in [-0.2, -0.15) is 0 Å². The molecule has 1 aliphatic carbocycles. The predicted octanol–water partition coefficient (Wildman–Crippen LogP) is 4.94. The Morgan fingerprint density at radius 1 is 1.16 bits per heavy atom. The fourth-order valence-corrected chi connectivity index (χ4v) is 5.38. The number of hydrogen-bond acceptors (Lipinski definition) is 6. The number of pyridine rings is 1. The topological polar surface area (TPSA) is 75.2 Å². The maximum absolute atomic E-state index is 6.37. The molecule has 0 bridgehead atoms. The van der Waals surface area contributed by atoms with E-state index in [4.69, 9.17) is 25.5 Å². The number of aryl methyl sites for hydroxylation is 1. The molecule has 1 saturated heterocycles. The van der Waals surface area contributed by atoms with Crippen molar-refractivity contribution >= 4 is 33.7 Å². The lowest BCUT2D eigenvalue weighted by molar-refractivity contribution is -0.160. The van der Waals surface area contributed by atoms with E-state index in [2.05, 4.69) is 19.5 Å². The fourth-order valence-electron chi connectivity index (χ4n) is 5.19. The highest BCUT2D eigenvalue weighted by Gasteiger charge is 2.54. The van der Waals surface area contributed by atoms with Crippen molar-refractivity contribution in [2.45, 2.75) is 57.1 Å². The zero-order valence-corrected chi connectivity index (χ0v) is 18.1. The van der Waals surface area contributed by atoms with Crippen LogP contribution >= 0.6 is 11.6 Å². The molecule has 4 aromatic rings. The van der Waals surface area contributed by atoms with Crippen LogP contribution in [0.5, 0.6) is 0 Å². The quantitative estimate of drug-likeness (QED) is 0.420. The molecule has 0 aromatic carbocycles. The Hall–Kier alpha value is -2.48. The van der Waals surface area contributed by atoms with E-state index >= 15 is 0 Å². The number of rotatable bonds is 4. The maximum atomic E-state index is 6.37. The molecule has 2 fully saturated rings. The number of fused-ring (bicyclic) bond motifs is 3. The van der Waals surface area contributed by atoms with Gasteiger partial charge in [-0.3, -0.25) is 4.98 Å². The van der Waals surface area contributed by atoms with Gasteiger partial charge in [-0.25, -0.2) is 9.97 Å². The van der Waals surface area contributed by atoms with E-state index in [0.29, 0.717) is 11.1 Å². The Morgan fingerprint density at radius 3 is 2.90 bits per heavy atom. The minimum Gasteiger partial charge on any atom is -0.459 e. The lowest BCUT2D eigenvalue weighted by atomic mass is 9.98. The summed E-state index contributed by atoms with van der Waals surface area (Å²) < 4.78 is 20.9. The molecule has 1 saturated carbocycles. The van der Waals surface area contributed by atoms with Gasteiger partial charge < -0.3 is 18.5 Å². The summed E-state index contributed by atoms with van der Waals surface area (Å²) in [5.74, 6) is 0.691. The van der Waals surface area contributed by atoms with Gasteiger partial charge in [0, 0.05) is 24.9 Å². The lowest BCUT2D eigenvalue weighted by Crippen LogP contribution is -2.27. The van der Waals surface area contributed by atoms with Gasteiger partial charge in [0.05, 0.1) is 17.5 Å². The van der Waals surface area contributed by atoms with Gasteiger partial charge in [0.1, 0.15) is 34.5 Å². The Morgan fingerprint density at radius 2 is 2.03 bits per heavy atom. The minimum atomic E-state index is -0.606. The normalized spacial score (nSPS) is 27.3. The minimum absolute atomic E-state index is 0.0252. The van der Waals surface area contributed by atoms with Crippen LogP contribution in [-0.2, 0) is 15.9 Å². The van der Waals surface area contributed by atoms with Crippen molar-refractivity contribution in [1.29, 1.82) is 0 Å². The number of halogens is 1. The number of ether oxygens (including phenoxy) is 2. The maximum Gasteiger partial charge on any atom is 0.163 e. The Bertz CT molecular complexity index is 1230. The molecule has 31 heavy (non-hydrogen) atoms. The Kier molecular flexibility index (Phi) is 4.35. The van der Waals surface area contributed by atoms with Crippen molar-refractivity contribution in [1.82, 2.24) is 19.5 Å². The van der Waals surface area contributed by atoms with E-state index in [1.54, 1.807) is 6.20 Å². The first-order chi connectivity index (χ1) is 15.0.